The Morgan fingerprint density at radius 2 is 0.900 bits per heavy atom. The number of aryl methyl sites for hydroxylation is 2. The van der Waals surface area contributed by atoms with Crippen LogP contribution in [0.1, 0.15) is 51.2 Å². The molecular formula is C73H75F8N13O15S. The second-order valence-electron chi connectivity index (χ2n) is 23.9. The number of amides is 6. The maximum Gasteiger partial charge on any atom is 0.416 e. The SMILES string of the molecule is Cc1ccc(NC(=O)Nc2cc(C(F)(F)F)cc(OCCOCCOCCOCCCS(=O)(=O)O)c2F)cc1Nc1ccc2c(c1)NC(=O)/C2=C\c1ccc[nH]1.Cc1ccc(NC(=O)Nc2cc(C(F)(F)F)cc(OCCOCCOCCOCCN=[N+]=[N-])c2F)cc1Nc1ccc2c(c1)NC(=O)/C2=C\c1ccc[nH]1. The van der Waals surface area contributed by atoms with Crippen LogP contribution in [-0.2, 0) is 60.5 Å². The van der Waals surface area contributed by atoms with Gasteiger partial charge in [0, 0.05) is 87.1 Å². The number of carbonyl (C=O) groups excluding carboxylic acids is 4. The number of H-pyrrole nitrogens is 2. The number of fused-ring (bicyclic) bond motifs is 2. The van der Waals surface area contributed by atoms with Crippen molar-refractivity contribution in [3.8, 4) is 11.5 Å². The van der Waals surface area contributed by atoms with Crippen LogP contribution in [0.4, 0.5) is 102 Å². The summed E-state index contributed by atoms with van der Waals surface area (Å²) in [5, 5.41) is 24.8. The van der Waals surface area contributed by atoms with Gasteiger partial charge < -0.3 is 90.4 Å². The zero-order chi connectivity index (χ0) is 78.8. The van der Waals surface area contributed by atoms with Gasteiger partial charge in [-0.1, -0.05) is 29.4 Å². The highest BCUT2D eigenvalue weighted by atomic mass is 32.2. The molecule has 6 aromatic carbocycles. The summed E-state index contributed by atoms with van der Waals surface area (Å²) in [5.41, 5.74) is 13.9. The minimum Gasteiger partial charge on any atom is -0.488 e. The number of rotatable bonds is 37. The van der Waals surface area contributed by atoms with Gasteiger partial charge in [0.05, 0.1) is 123 Å². The summed E-state index contributed by atoms with van der Waals surface area (Å²) in [6, 6.07) is 27.7. The third-order valence-corrected chi connectivity index (χ3v) is 16.6. The maximum atomic E-state index is 15.3. The minimum absolute atomic E-state index is 0.0823. The molecule has 110 heavy (non-hydrogen) atoms. The van der Waals surface area contributed by atoms with Gasteiger partial charge in [0.15, 0.2) is 23.1 Å². The lowest BCUT2D eigenvalue weighted by Gasteiger charge is -2.16. The summed E-state index contributed by atoms with van der Waals surface area (Å²) < 4.78 is 185. The molecule has 37 heteroatoms. The largest absolute Gasteiger partial charge is 0.488 e. The molecule has 4 heterocycles. The molecule has 0 radical (unpaired) electrons. The van der Waals surface area contributed by atoms with E-state index >= 15 is 8.78 Å². The summed E-state index contributed by atoms with van der Waals surface area (Å²) in [6.45, 7) is 4.88. The summed E-state index contributed by atoms with van der Waals surface area (Å²) in [7, 11) is -4.04. The fourth-order valence-electron chi connectivity index (χ4n) is 10.5. The number of carbonyl (C=O) groups is 4. The molecule has 0 spiro atoms. The van der Waals surface area contributed by atoms with E-state index in [1.807, 2.05) is 38.1 Å². The van der Waals surface area contributed by atoms with Gasteiger partial charge in [-0.05, 0) is 146 Å². The van der Waals surface area contributed by atoms with E-state index in [-0.39, 0.29) is 129 Å². The Kier molecular flexibility index (Phi) is 29.7. The Morgan fingerprint density at radius 1 is 0.509 bits per heavy atom. The van der Waals surface area contributed by atoms with Crippen LogP contribution in [0.5, 0.6) is 11.5 Å². The second-order valence-corrected chi connectivity index (χ2v) is 25.5. The molecule has 28 nitrogen and oxygen atoms in total. The molecule has 0 atom stereocenters. The van der Waals surface area contributed by atoms with Gasteiger partial charge in [0.2, 0.25) is 0 Å². The van der Waals surface area contributed by atoms with Crippen molar-refractivity contribution in [2.45, 2.75) is 32.6 Å². The lowest BCUT2D eigenvalue weighted by atomic mass is 10.1. The standard InChI is InChI=1S/C37H39F4N5O9S.C36H36F4N8O6/c1-23-5-6-27(21-30(23)43-26-7-8-28-29(20-25-4-2-9-42-25)35(47)45-31(28)22-26)44-36(48)46-32-18-24(37(39,40)41)19-33(34(32)38)55-16-15-54-14-13-53-12-11-52-10-3-17-56(49,50)51;1-22-4-5-26(20-29(22)44-25-6-7-27-28(19-24-3-2-8-42-24)34(49)46-30(27)21-25)45-35(50)47-31-17-23(36(38,39)40)18-32(33(31)37)54-16-15-53-14-13-52-12-11-51-10-9-43-48-41/h2,4-9,18-22,42-43H,3,10-17H2,1H3,(H,45,47)(H2,44,46,48)(H,49,50,51);2-8,17-21,42,44H,9-16H2,1H3,(H,46,49)(H2,45,47,50)/b29-20-;28-19-. The Bertz CT molecular complexity index is 4750. The zero-order valence-electron chi connectivity index (χ0n) is 58.8. The first-order valence-corrected chi connectivity index (χ1v) is 35.3. The number of ether oxygens (including phenoxy) is 8. The number of urea groups is 2. The molecule has 0 bridgehead atoms. The lowest BCUT2D eigenvalue weighted by Crippen LogP contribution is -2.21. The minimum atomic E-state index is -4.88. The van der Waals surface area contributed by atoms with Crippen LogP contribution in [0, 0.1) is 25.5 Å². The molecule has 6 amide bonds. The third-order valence-electron chi connectivity index (χ3n) is 15.8. The Hall–Kier alpha value is -11.5. The molecule has 0 saturated heterocycles. The summed E-state index contributed by atoms with van der Waals surface area (Å²) >= 11 is 0. The Morgan fingerprint density at radius 3 is 1.28 bits per heavy atom. The van der Waals surface area contributed by atoms with E-state index in [1.165, 1.54) is 0 Å². The highest BCUT2D eigenvalue weighted by Crippen LogP contribution is 2.41. The number of azide groups is 1. The summed E-state index contributed by atoms with van der Waals surface area (Å²) in [5.74, 6) is -4.81. The van der Waals surface area contributed by atoms with Crippen molar-refractivity contribution in [1.29, 1.82) is 0 Å². The van der Waals surface area contributed by atoms with Gasteiger partial charge in [-0.2, -0.15) is 34.8 Å². The number of hydrogen-bond donors (Lipinski definition) is 11. The topological polar surface area (TPSA) is 373 Å². The van der Waals surface area contributed by atoms with Crippen molar-refractivity contribution >= 4 is 114 Å². The zero-order valence-corrected chi connectivity index (χ0v) is 59.6. The van der Waals surface area contributed by atoms with E-state index in [1.54, 1.807) is 97.3 Å². The van der Waals surface area contributed by atoms with Crippen molar-refractivity contribution in [3.05, 3.63) is 201 Å². The fourth-order valence-corrected chi connectivity index (χ4v) is 11.0. The molecule has 10 rings (SSSR count). The van der Waals surface area contributed by atoms with Crippen molar-refractivity contribution in [1.82, 2.24) is 9.97 Å². The van der Waals surface area contributed by atoms with Crippen LogP contribution in [0.15, 0.2) is 139 Å². The molecular weight excluding hydrogens is 1480 g/mol. The summed E-state index contributed by atoms with van der Waals surface area (Å²) in [4.78, 5) is 59.8. The van der Waals surface area contributed by atoms with E-state index in [4.69, 9.17) is 48.0 Å². The van der Waals surface area contributed by atoms with E-state index in [2.05, 4.69) is 62.5 Å². The normalized spacial score (nSPS) is 13.2. The summed E-state index contributed by atoms with van der Waals surface area (Å²) in [6.07, 6.45) is -2.60. The number of aromatic amines is 2. The smallest absolute Gasteiger partial charge is 0.416 e. The van der Waals surface area contributed by atoms with Crippen molar-refractivity contribution < 1.29 is 105 Å². The number of nitrogens with one attached hydrogen (secondary N) is 10. The van der Waals surface area contributed by atoms with Gasteiger partial charge in [-0.15, -0.1) is 0 Å². The Balaban J connectivity index is 0.000000253. The van der Waals surface area contributed by atoms with Crippen molar-refractivity contribution in [2.75, 3.05) is 147 Å². The van der Waals surface area contributed by atoms with Crippen LogP contribution < -0.4 is 52.0 Å². The van der Waals surface area contributed by atoms with Gasteiger partial charge in [0.25, 0.3) is 21.9 Å². The number of halogens is 8. The number of hydrogen-bond acceptors (Lipinski definition) is 17. The number of benzene rings is 6. The van der Waals surface area contributed by atoms with Crippen LogP contribution >= 0.6 is 0 Å². The number of anilines is 10. The lowest BCUT2D eigenvalue weighted by molar-refractivity contribution is -0.138. The van der Waals surface area contributed by atoms with Crippen LogP contribution in [0.3, 0.4) is 0 Å². The number of alkyl halides is 6. The highest BCUT2D eigenvalue weighted by Gasteiger charge is 2.35. The van der Waals surface area contributed by atoms with Crippen LogP contribution in [0.25, 0.3) is 33.7 Å². The van der Waals surface area contributed by atoms with Crippen molar-refractivity contribution in [3.63, 3.8) is 0 Å². The molecule has 0 aliphatic carbocycles. The van der Waals surface area contributed by atoms with E-state index in [0.29, 0.717) is 69.5 Å². The monoisotopic (exact) mass is 1560 g/mol. The van der Waals surface area contributed by atoms with Gasteiger partial charge in [-0.25, -0.2) is 18.4 Å². The van der Waals surface area contributed by atoms with E-state index in [9.17, 15) is 53.9 Å². The molecule has 2 aliphatic heterocycles. The predicted molar refractivity (Wildman–Crippen MR) is 395 cm³/mol. The van der Waals surface area contributed by atoms with Crippen LogP contribution in [-0.4, -0.2) is 152 Å². The molecule has 2 aliphatic rings. The fraction of sp³-hybridized carbons (Fsp3) is 0.288. The maximum absolute atomic E-state index is 15.3. The van der Waals surface area contributed by atoms with Gasteiger partial charge >= 0.3 is 24.4 Å². The van der Waals surface area contributed by atoms with Gasteiger partial charge in [0.1, 0.15) is 13.2 Å². The molecule has 11 N–H and O–H groups in total. The Labute approximate surface area is 623 Å². The highest BCUT2D eigenvalue weighted by molar-refractivity contribution is 7.85. The molecule has 584 valence electrons. The number of aromatic nitrogens is 2. The van der Waals surface area contributed by atoms with E-state index in [0.717, 1.165) is 33.6 Å². The number of nitrogens with zero attached hydrogens (tertiary/aromatic N) is 3. The van der Waals surface area contributed by atoms with E-state index < -0.39 is 85.9 Å². The third kappa shape index (κ3) is 25.3. The molecule has 0 fully saturated rings. The average Bonchev–Trinajstić information content (AvgIpc) is 1.62. The van der Waals surface area contributed by atoms with Gasteiger partial charge in [-0.3, -0.25) is 14.1 Å². The molecule has 2 aromatic heterocycles. The first-order valence-electron chi connectivity index (χ1n) is 33.7. The van der Waals surface area contributed by atoms with Crippen LogP contribution in [0.2, 0.25) is 0 Å². The molecule has 0 unspecified atom stereocenters. The second kappa shape index (κ2) is 39.5. The first-order chi connectivity index (χ1) is 52.7. The van der Waals surface area contributed by atoms with Crippen molar-refractivity contribution in [2.24, 2.45) is 5.11 Å². The molecule has 0 saturated carbocycles. The quantitative estimate of drug-likeness (QED) is 0.00328. The average molecular weight is 1560 g/mol. The predicted octanol–water partition coefficient (Wildman–Crippen LogP) is 15.2. The first kappa shape index (κ1) is 82.5. The molecule has 8 aromatic rings.